The van der Waals surface area contributed by atoms with Crippen molar-refractivity contribution in [3.63, 3.8) is 0 Å². The summed E-state index contributed by atoms with van der Waals surface area (Å²) in [7, 11) is 0. The lowest BCUT2D eigenvalue weighted by atomic mass is 10.1. The third-order valence-electron chi connectivity index (χ3n) is 3.56. The molecule has 3 aromatic rings. The number of fused-ring (bicyclic) bond motifs is 1. The first-order valence-electron chi connectivity index (χ1n) is 6.90. The van der Waals surface area contributed by atoms with Gasteiger partial charge in [-0.1, -0.05) is 31.2 Å². The Morgan fingerprint density at radius 2 is 1.86 bits per heavy atom. The summed E-state index contributed by atoms with van der Waals surface area (Å²) >= 11 is 0. The summed E-state index contributed by atoms with van der Waals surface area (Å²) in [5.74, 6) is -0.0544. The number of hydrogen-bond donors (Lipinski definition) is 0. The van der Waals surface area contributed by atoms with E-state index in [0.29, 0.717) is 16.5 Å². The zero-order chi connectivity index (χ0) is 15.7. The standard InChI is InChI=1S/C17H13NO4/c1-2-11-3-5-12(6-4-11)17(19)16-10-13-9-14(18(20)21)7-8-15(13)22-16/h3-10H,2H2,1H3. The molecule has 0 saturated heterocycles. The quantitative estimate of drug-likeness (QED) is 0.412. The van der Waals surface area contributed by atoms with Gasteiger partial charge in [0.2, 0.25) is 5.78 Å². The van der Waals surface area contributed by atoms with Gasteiger partial charge in [-0.15, -0.1) is 0 Å². The Morgan fingerprint density at radius 3 is 2.50 bits per heavy atom. The fourth-order valence-corrected chi connectivity index (χ4v) is 2.29. The van der Waals surface area contributed by atoms with E-state index in [1.807, 2.05) is 19.1 Å². The second kappa shape index (κ2) is 5.44. The van der Waals surface area contributed by atoms with Crippen molar-refractivity contribution in [2.24, 2.45) is 0 Å². The first kappa shape index (κ1) is 14.0. The third-order valence-corrected chi connectivity index (χ3v) is 3.56. The maximum Gasteiger partial charge on any atom is 0.270 e. The Balaban J connectivity index is 1.98. The summed E-state index contributed by atoms with van der Waals surface area (Å²) in [4.78, 5) is 22.7. The monoisotopic (exact) mass is 295 g/mol. The number of non-ortho nitro benzene ring substituents is 1. The normalized spacial score (nSPS) is 10.8. The fourth-order valence-electron chi connectivity index (χ4n) is 2.29. The summed E-state index contributed by atoms with van der Waals surface area (Å²) in [6.45, 7) is 2.04. The van der Waals surface area contributed by atoms with Crippen LogP contribution in [0.3, 0.4) is 0 Å². The molecule has 0 bridgehead atoms. The smallest absolute Gasteiger partial charge is 0.270 e. The fraction of sp³-hybridized carbons (Fsp3) is 0.118. The number of hydrogen-bond acceptors (Lipinski definition) is 4. The number of carbonyl (C=O) groups excluding carboxylic acids is 1. The van der Waals surface area contributed by atoms with Gasteiger partial charge < -0.3 is 4.42 Å². The molecule has 0 fully saturated rings. The molecule has 0 saturated carbocycles. The Labute approximate surface area is 126 Å². The van der Waals surface area contributed by atoms with Crippen LogP contribution in [0, 0.1) is 10.1 Å². The van der Waals surface area contributed by atoms with Gasteiger partial charge in [0.15, 0.2) is 5.76 Å². The minimum Gasteiger partial charge on any atom is -0.453 e. The van der Waals surface area contributed by atoms with E-state index in [4.69, 9.17) is 4.42 Å². The molecule has 0 atom stereocenters. The lowest BCUT2D eigenvalue weighted by molar-refractivity contribution is -0.384. The molecule has 0 N–H and O–H groups in total. The highest BCUT2D eigenvalue weighted by molar-refractivity contribution is 6.09. The molecule has 0 amide bonds. The average Bonchev–Trinajstić information content (AvgIpc) is 2.97. The molecule has 3 rings (SSSR count). The van der Waals surface area contributed by atoms with Gasteiger partial charge in [0.25, 0.3) is 5.69 Å². The van der Waals surface area contributed by atoms with Crippen LogP contribution in [0.25, 0.3) is 11.0 Å². The van der Waals surface area contributed by atoms with Crippen LogP contribution in [0.15, 0.2) is 52.9 Å². The molecule has 0 aliphatic carbocycles. The summed E-state index contributed by atoms with van der Waals surface area (Å²) in [5.41, 5.74) is 2.11. The molecular weight excluding hydrogens is 282 g/mol. The van der Waals surface area contributed by atoms with Gasteiger partial charge in [-0.3, -0.25) is 14.9 Å². The van der Waals surface area contributed by atoms with E-state index < -0.39 is 4.92 Å². The highest BCUT2D eigenvalue weighted by atomic mass is 16.6. The van der Waals surface area contributed by atoms with Crippen molar-refractivity contribution in [1.82, 2.24) is 0 Å². The Bertz CT molecular complexity index is 862. The highest BCUT2D eigenvalue weighted by Gasteiger charge is 2.16. The molecule has 0 unspecified atom stereocenters. The van der Waals surface area contributed by atoms with E-state index in [1.54, 1.807) is 18.2 Å². The molecule has 0 radical (unpaired) electrons. The largest absolute Gasteiger partial charge is 0.453 e. The minimum atomic E-state index is -0.475. The second-order valence-corrected chi connectivity index (χ2v) is 4.97. The lowest BCUT2D eigenvalue weighted by Crippen LogP contribution is -1.99. The van der Waals surface area contributed by atoms with E-state index in [2.05, 4.69) is 0 Å². The van der Waals surface area contributed by atoms with Gasteiger partial charge in [0, 0.05) is 23.1 Å². The van der Waals surface area contributed by atoms with Crippen molar-refractivity contribution in [2.45, 2.75) is 13.3 Å². The molecule has 0 spiro atoms. The first-order valence-corrected chi connectivity index (χ1v) is 6.90. The molecular formula is C17H13NO4. The predicted octanol–water partition coefficient (Wildman–Crippen LogP) is 4.13. The van der Waals surface area contributed by atoms with Gasteiger partial charge in [0.1, 0.15) is 5.58 Å². The molecule has 0 aliphatic rings. The SMILES string of the molecule is CCc1ccc(C(=O)c2cc3cc([N+](=O)[O-])ccc3o2)cc1. The number of ketones is 1. The molecule has 5 nitrogen and oxygen atoms in total. The number of furan rings is 1. The summed E-state index contributed by atoms with van der Waals surface area (Å²) in [6.07, 6.45) is 0.906. The lowest BCUT2D eigenvalue weighted by Gasteiger charge is -1.99. The predicted molar refractivity (Wildman–Crippen MR) is 82.1 cm³/mol. The summed E-state index contributed by atoms with van der Waals surface area (Å²) in [5, 5.41) is 11.3. The summed E-state index contributed by atoms with van der Waals surface area (Å²) < 4.78 is 5.50. The van der Waals surface area contributed by atoms with E-state index in [9.17, 15) is 14.9 Å². The van der Waals surface area contributed by atoms with Crippen molar-refractivity contribution < 1.29 is 14.1 Å². The second-order valence-electron chi connectivity index (χ2n) is 4.97. The van der Waals surface area contributed by atoms with Crippen molar-refractivity contribution in [3.8, 4) is 0 Å². The number of aryl methyl sites for hydroxylation is 1. The van der Waals surface area contributed by atoms with Crippen LogP contribution < -0.4 is 0 Å². The topological polar surface area (TPSA) is 73.3 Å². The van der Waals surface area contributed by atoms with Crippen molar-refractivity contribution in [3.05, 3.63) is 75.5 Å². The zero-order valence-corrected chi connectivity index (χ0v) is 11.9. The van der Waals surface area contributed by atoms with Crippen molar-refractivity contribution in [1.29, 1.82) is 0 Å². The van der Waals surface area contributed by atoms with Crippen LogP contribution in [-0.4, -0.2) is 10.7 Å². The molecule has 2 aromatic carbocycles. The van der Waals surface area contributed by atoms with E-state index in [0.717, 1.165) is 12.0 Å². The number of carbonyl (C=O) groups is 1. The van der Waals surface area contributed by atoms with Crippen LogP contribution >= 0.6 is 0 Å². The molecule has 22 heavy (non-hydrogen) atoms. The number of nitro groups is 1. The number of rotatable bonds is 4. The Hall–Kier alpha value is -2.95. The number of nitrogens with zero attached hydrogens (tertiary/aromatic N) is 1. The average molecular weight is 295 g/mol. The first-order chi connectivity index (χ1) is 10.6. The Kier molecular flexibility index (Phi) is 3.47. The molecule has 0 aliphatic heterocycles. The van der Waals surface area contributed by atoms with E-state index in [1.165, 1.54) is 18.2 Å². The third kappa shape index (κ3) is 2.48. The van der Waals surface area contributed by atoms with Crippen LogP contribution in [0.1, 0.15) is 28.6 Å². The van der Waals surface area contributed by atoms with Gasteiger partial charge >= 0.3 is 0 Å². The van der Waals surface area contributed by atoms with Crippen LogP contribution in [0.5, 0.6) is 0 Å². The zero-order valence-electron chi connectivity index (χ0n) is 11.9. The summed E-state index contributed by atoms with van der Waals surface area (Å²) in [6, 6.07) is 13.1. The van der Waals surface area contributed by atoms with Crippen LogP contribution in [0.4, 0.5) is 5.69 Å². The van der Waals surface area contributed by atoms with Gasteiger partial charge in [-0.2, -0.15) is 0 Å². The molecule has 1 aromatic heterocycles. The minimum absolute atomic E-state index is 0.0282. The van der Waals surface area contributed by atoms with E-state index >= 15 is 0 Å². The van der Waals surface area contributed by atoms with E-state index in [-0.39, 0.29) is 17.2 Å². The van der Waals surface area contributed by atoms with Gasteiger partial charge in [-0.25, -0.2) is 0 Å². The molecule has 5 heteroatoms. The number of benzene rings is 2. The molecule has 1 heterocycles. The Morgan fingerprint density at radius 1 is 1.14 bits per heavy atom. The van der Waals surface area contributed by atoms with Gasteiger partial charge in [-0.05, 0) is 24.1 Å². The maximum absolute atomic E-state index is 12.4. The van der Waals surface area contributed by atoms with Crippen molar-refractivity contribution in [2.75, 3.05) is 0 Å². The highest BCUT2D eigenvalue weighted by Crippen LogP contribution is 2.25. The number of nitro benzene ring substituents is 1. The molecule has 110 valence electrons. The maximum atomic E-state index is 12.4. The van der Waals surface area contributed by atoms with Crippen LogP contribution in [0.2, 0.25) is 0 Å². The van der Waals surface area contributed by atoms with Crippen molar-refractivity contribution >= 4 is 22.4 Å². The van der Waals surface area contributed by atoms with Gasteiger partial charge in [0.05, 0.1) is 4.92 Å². The van der Waals surface area contributed by atoms with Crippen LogP contribution in [-0.2, 0) is 6.42 Å².